The number of hydrogen-bond acceptors (Lipinski definition) is 4. The third-order valence-electron chi connectivity index (χ3n) is 0.673. The van der Waals surface area contributed by atoms with E-state index in [4.69, 9.17) is 9.20 Å². The Morgan fingerprint density at radius 1 is 1.50 bits per heavy atom. The zero-order valence-corrected chi connectivity index (χ0v) is 10.6. The van der Waals surface area contributed by atoms with Crippen LogP contribution in [0.15, 0.2) is 12.2 Å². The Labute approximate surface area is 86.4 Å². The Balaban J connectivity index is 0. The topological polar surface area (TPSA) is 83.8 Å². The molecule has 0 aliphatic carbocycles. The Morgan fingerprint density at radius 3 is 2.07 bits per heavy atom. The number of aliphatic hydroxyl groups is 1. The molecule has 0 aliphatic rings. The van der Waals surface area contributed by atoms with Gasteiger partial charge >= 0.3 is 39.1 Å². The molecule has 0 aromatic carbocycles. The molecule has 0 aromatic heterocycles. The fourth-order valence-corrected chi connectivity index (χ4v) is 0.262. The van der Waals surface area contributed by atoms with Crippen molar-refractivity contribution >= 4 is 19.8 Å². The van der Waals surface area contributed by atoms with Crippen molar-refractivity contribution in [2.45, 2.75) is 18.3 Å². The molecule has 0 aliphatic heterocycles. The predicted molar refractivity (Wildman–Crippen MR) is 53.2 cm³/mol. The van der Waals surface area contributed by atoms with Gasteiger partial charge < -0.3 is 9.84 Å². The van der Waals surface area contributed by atoms with Gasteiger partial charge in [0.15, 0.2) is 0 Å². The van der Waals surface area contributed by atoms with Crippen LogP contribution in [0.3, 0.4) is 0 Å². The number of rotatable bonds is 3. The molecule has 0 spiro atoms. The van der Waals surface area contributed by atoms with Crippen molar-refractivity contribution in [1.29, 1.82) is 0 Å². The Kier molecular flexibility index (Phi) is 8.94. The minimum absolute atomic E-state index is 0.0473. The van der Waals surface area contributed by atoms with Gasteiger partial charge in [0.25, 0.3) is 0 Å². The van der Waals surface area contributed by atoms with Crippen molar-refractivity contribution in [3.8, 4) is 0 Å². The summed E-state index contributed by atoms with van der Waals surface area (Å²) < 4.78 is 22.4. The summed E-state index contributed by atoms with van der Waals surface area (Å²) in [5.74, 6) is -0.455. The molecule has 0 unspecified atom stereocenters. The second kappa shape index (κ2) is 7.85. The van der Waals surface area contributed by atoms with Gasteiger partial charge in [-0.1, -0.05) is 6.58 Å². The van der Waals surface area contributed by atoms with Crippen molar-refractivity contribution in [3.63, 3.8) is 0 Å². The number of ether oxygens (including phenoxy) is 1. The van der Waals surface area contributed by atoms with Crippen molar-refractivity contribution in [2.75, 3.05) is 13.2 Å². The standard InChI is InChI=1S/C6H10O3.C2H7AsO2/c1-5(2)6(8)9-4-3-7;1-3(2,4)5/h7H,1,3-4H2,2H3;1-2H3,(H,4,5). The van der Waals surface area contributed by atoms with E-state index >= 15 is 0 Å². The molecule has 6 heteroatoms. The number of hydrogen-bond donors (Lipinski definition) is 2. The van der Waals surface area contributed by atoms with Gasteiger partial charge in [0.05, 0.1) is 6.61 Å². The molecule has 0 heterocycles. The maximum atomic E-state index is 10.5. The van der Waals surface area contributed by atoms with Gasteiger partial charge in [-0.25, -0.2) is 4.79 Å². The van der Waals surface area contributed by atoms with E-state index in [2.05, 4.69) is 11.3 Å². The second-order valence-electron chi connectivity index (χ2n) is 2.93. The molecular formula is C8H17AsO5. The zero-order chi connectivity index (χ0) is 11.8. The molecule has 84 valence electrons. The first-order valence-corrected chi connectivity index (χ1v) is 9.25. The summed E-state index contributed by atoms with van der Waals surface area (Å²) in [7, 11) is 0. The maximum absolute atomic E-state index is 10.5. The predicted octanol–water partition coefficient (Wildman–Crippen LogP) is 0.209. The molecule has 0 bridgehead atoms. The molecule has 0 rings (SSSR count). The van der Waals surface area contributed by atoms with Crippen LogP contribution in [-0.4, -0.2) is 42.2 Å². The zero-order valence-electron chi connectivity index (χ0n) is 8.69. The van der Waals surface area contributed by atoms with E-state index in [1.807, 2.05) is 0 Å². The number of esters is 1. The van der Waals surface area contributed by atoms with E-state index in [9.17, 15) is 8.53 Å². The van der Waals surface area contributed by atoms with Crippen LogP contribution >= 0.6 is 0 Å². The summed E-state index contributed by atoms with van der Waals surface area (Å²) in [6.07, 6.45) is 0. The van der Waals surface area contributed by atoms with Gasteiger partial charge in [0.1, 0.15) is 6.61 Å². The average Bonchev–Trinajstić information content (AvgIpc) is 1.96. The summed E-state index contributed by atoms with van der Waals surface area (Å²) in [5.41, 5.74) is 3.07. The second-order valence-corrected chi connectivity index (χ2v) is 8.36. The summed E-state index contributed by atoms with van der Waals surface area (Å²) >= 11 is -3.12. The molecule has 2 N–H and O–H groups in total. The van der Waals surface area contributed by atoms with Crippen molar-refractivity contribution in [2.24, 2.45) is 0 Å². The monoisotopic (exact) mass is 268 g/mol. The third kappa shape index (κ3) is 22.5. The van der Waals surface area contributed by atoms with Gasteiger partial charge in [-0.05, 0) is 6.92 Å². The van der Waals surface area contributed by atoms with Gasteiger partial charge in [0, 0.05) is 5.57 Å². The summed E-state index contributed by atoms with van der Waals surface area (Å²) in [6.45, 7) is 4.81. The molecular weight excluding hydrogens is 251 g/mol. The van der Waals surface area contributed by atoms with Crippen LogP contribution in [0.1, 0.15) is 6.92 Å². The van der Waals surface area contributed by atoms with Gasteiger partial charge in [-0.3, -0.25) is 0 Å². The van der Waals surface area contributed by atoms with E-state index < -0.39 is 19.8 Å². The van der Waals surface area contributed by atoms with Gasteiger partial charge in [0.2, 0.25) is 0 Å². The fourth-order valence-electron chi connectivity index (χ4n) is 0.262. The van der Waals surface area contributed by atoms with Crippen molar-refractivity contribution in [1.82, 2.24) is 0 Å². The number of carbonyl (C=O) groups is 1. The quantitative estimate of drug-likeness (QED) is 0.434. The van der Waals surface area contributed by atoms with E-state index in [-0.39, 0.29) is 13.2 Å². The van der Waals surface area contributed by atoms with E-state index in [1.165, 1.54) is 11.4 Å². The third-order valence-corrected chi connectivity index (χ3v) is 0.673. The van der Waals surface area contributed by atoms with Crippen LogP contribution in [0.2, 0.25) is 11.4 Å². The van der Waals surface area contributed by atoms with Crippen LogP contribution < -0.4 is 0 Å². The minimum atomic E-state index is -3.12. The first-order valence-electron chi connectivity index (χ1n) is 3.89. The average molecular weight is 268 g/mol. The first-order chi connectivity index (χ1) is 6.18. The SMILES string of the molecule is C=C(C)C(=O)OCCO.C[As](C)(=O)O. The number of aliphatic hydroxyl groups excluding tert-OH is 1. The molecule has 0 fully saturated rings. The van der Waals surface area contributed by atoms with E-state index in [1.54, 1.807) is 6.92 Å². The molecule has 0 atom stereocenters. The van der Waals surface area contributed by atoms with Crippen LogP contribution in [0.25, 0.3) is 0 Å². The van der Waals surface area contributed by atoms with Gasteiger partial charge in [-0.2, -0.15) is 0 Å². The Morgan fingerprint density at radius 2 is 1.86 bits per heavy atom. The molecule has 0 amide bonds. The molecule has 5 nitrogen and oxygen atoms in total. The molecule has 0 saturated heterocycles. The normalized spacial score (nSPS) is 9.79. The molecule has 0 aromatic rings. The van der Waals surface area contributed by atoms with Crippen LogP contribution in [0.4, 0.5) is 0 Å². The van der Waals surface area contributed by atoms with Crippen LogP contribution in [0.5, 0.6) is 0 Å². The van der Waals surface area contributed by atoms with Crippen molar-refractivity contribution in [3.05, 3.63) is 12.2 Å². The van der Waals surface area contributed by atoms with E-state index in [0.717, 1.165) is 0 Å². The summed E-state index contributed by atoms with van der Waals surface area (Å²) in [5, 5.41) is 8.19. The first kappa shape index (κ1) is 15.9. The van der Waals surface area contributed by atoms with Gasteiger partial charge in [-0.15, -0.1) is 0 Å². The summed E-state index contributed by atoms with van der Waals surface area (Å²) in [4.78, 5) is 10.5. The fraction of sp³-hybridized carbons (Fsp3) is 0.625. The molecule has 0 saturated carbocycles. The van der Waals surface area contributed by atoms with Crippen LogP contribution in [0, 0.1) is 0 Å². The van der Waals surface area contributed by atoms with Crippen molar-refractivity contribution < 1.29 is 22.5 Å². The number of carbonyl (C=O) groups excluding carboxylic acids is 1. The van der Waals surface area contributed by atoms with E-state index in [0.29, 0.717) is 5.57 Å². The van der Waals surface area contributed by atoms with Crippen LogP contribution in [-0.2, 0) is 13.3 Å². The Hall–Kier alpha value is -0.512. The molecule has 14 heavy (non-hydrogen) atoms. The molecule has 0 radical (unpaired) electrons. The summed E-state index contributed by atoms with van der Waals surface area (Å²) in [6, 6.07) is 0. The Bertz CT molecular complexity index is 222.